The second-order valence-corrected chi connectivity index (χ2v) is 8.04. The molecule has 1 amide bonds. The maximum Gasteiger partial charge on any atom is 0.227 e. The largest absolute Gasteiger partial charge is 0.377 e. The third-order valence-electron chi connectivity index (χ3n) is 5.17. The van der Waals surface area contributed by atoms with Crippen LogP contribution in [0.2, 0.25) is 0 Å². The summed E-state index contributed by atoms with van der Waals surface area (Å²) >= 11 is 0. The van der Waals surface area contributed by atoms with Crippen molar-refractivity contribution < 1.29 is 9.53 Å². The number of methoxy groups -OCH3 is 1. The Bertz CT molecular complexity index is 652. The van der Waals surface area contributed by atoms with Gasteiger partial charge in [-0.15, -0.1) is 0 Å². The predicted octanol–water partition coefficient (Wildman–Crippen LogP) is 3.69. The van der Waals surface area contributed by atoms with E-state index in [1.807, 2.05) is 45.0 Å². The van der Waals surface area contributed by atoms with Crippen molar-refractivity contribution >= 4 is 17.6 Å². The Hall–Kier alpha value is -2.08. The standard InChI is InChI=1S/C22H36N4O2/c1-5-23-21(25-16-22(2,3)28-4)24-15-17-10-9-13-19(14-17)26-20(27)18-11-7-6-8-12-18/h9-10,13-14,18H,5-8,11-12,15-16H2,1-4H3,(H,26,27)(H2,23,24,25). The molecule has 0 radical (unpaired) electrons. The van der Waals surface area contributed by atoms with Crippen molar-refractivity contribution in [3.8, 4) is 0 Å². The summed E-state index contributed by atoms with van der Waals surface area (Å²) in [6.07, 6.45) is 5.58. The summed E-state index contributed by atoms with van der Waals surface area (Å²) in [6, 6.07) is 7.95. The topological polar surface area (TPSA) is 74.8 Å². The summed E-state index contributed by atoms with van der Waals surface area (Å²) in [4.78, 5) is 17.1. The lowest BCUT2D eigenvalue weighted by Gasteiger charge is -2.24. The van der Waals surface area contributed by atoms with E-state index in [9.17, 15) is 4.79 Å². The van der Waals surface area contributed by atoms with Crippen LogP contribution in [0.5, 0.6) is 0 Å². The van der Waals surface area contributed by atoms with Crippen molar-refractivity contribution in [3.05, 3.63) is 29.8 Å². The van der Waals surface area contributed by atoms with Gasteiger partial charge in [0.15, 0.2) is 5.96 Å². The summed E-state index contributed by atoms with van der Waals surface area (Å²) < 4.78 is 5.45. The van der Waals surface area contributed by atoms with Crippen LogP contribution in [0, 0.1) is 5.92 Å². The number of aliphatic imine (C=N–C) groups is 1. The zero-order valence-corrected chi connectivity index (χ0v) is 17.8. The van der Waals surface area contributed by atoms with Crippen LogP contribution in [-0.4, -0.2) is 37.7 Å². The molecule has 1 fully saturated rings. The first-order chi connectivity index (χ1) is 13.4. The number of anilines is 1. The third-order valence-corrected chi connectivity index (χ3v) is 5.17. The van der Waals surface area contributed by atoms with E-state index in [0.717, 1.165) is 49.4 Å². The number of amides is 1. The fourth-order valence-corrected chi connectivity index (χ4v) is 3.24. The number of benzene rings is 1. The van der Waals surface area contributed by atoms with Gasteiger partial charge in [0.25, 0.3) is 0 Å². The molecule has 1 aromatic rings. The second kappa shape index (κ2) is 11.1. The lowest BCUT2D eigenvalue weighted by molar-refractivity contribution is -0.120. The molecule has 0 saturated heterocycles. The Labute approximate surface area is 169 Å². The maximum atomic E-state index is 12.5. The molecule has 0 aromatic heterocycles. The van der Waals surface area contributed by atoms with Crippen LogP contribution in [-0.2, 0) is 16.1 Å². The van der Waals surface area contributed by atoms with E-state index in [4.69, 9.17) is 4.74 Å². The molecule has 6 heteroatoms. The molecule has 0 unspecified atom stereocenters. The fourth-order valence-electron chi connectivity index (χ4n) is 3.24. The van der Waals surface area contributed by atoms with Crippen LogP contribution < -0.4 is 16.0 Å². The summed E-state index contributed by atoms with van der Waals surface area (Å²) in [5.41, 5.74) is 1.64. The normalized spacial score (nSPS) is 15.9. The van der Waals surface area contributed by atoms with E-state index >= 15 is 0 Å². The van der Waals surface area contributed by atoms with Gasteiger partial charge in [-0.1, -0.05) is 31.4 Å². The number of nitrogens with zero attached hydrogens (tertiary/aromatic N) is 1. The van der Waals surface area contributed by atoms with Gasteiger partial charge in [-0.25, -0.2) is 4.99 Å². The van der Waals surface area contributed by atoms with Gasteiger partial charge in [0.1, 0.15) is 0 Å². The van der Waals surface area contributed by atoms with E-state index in [1.165, 1.54) is 6.42 Å². The van der Waals surface area contributed by atoms with E-state index in [-0.39, 0.29) is 17.4 Å². The maximum absolute atomic E-state index is 12.5. The van der Waals surface area contributed by atoms with Crippen molar-refractivity contribution in [3.63, 3.8) is 0 Å². The van der Waals surface area contributed by atoms with E-state index in [0.29, 0.717) is 13.1 Å². The molecular weight excluding hydrogens is 352 g/mol. The molecule has 1 aliphatic carbocycles. The van der Waals surface area contributed by atoms with Crippen molar-refractivity contribution in [2.75, 3.05) is 25.5 Å². The predicted molar refractivity (Wildman–Crippen MR) is 116 cm³/mol. The zero-order chi connectivity index (χ0) is 20.4. The number of carbonyl (C=O) groups excluding carboxylic acids is 1. The van der Waals surface area contributed by atoms with Crippen LogP contribution in [0.25, 0.3) is 0 Å². The summed E-state index contributed by atoms with van der Waals surface area (Å²) in [7, 11) is 1.71. The quantitative estimate of drug-likeness (QED) is 0.469. The molecule has 2 rings (SSSR count). The molecule has 156 valence electrons. The van der Waals surface area contributed by atoms with Crippen LogP contribution in [0.3, 0.4) is 0 Å². The van der Waals surface area contributed by atoms with E-state index in [1.54, 1.807) is 7.11 Å². The number of rotatable bonds is 8. The van der Waals surface area contributed by atoms with Crippen LogP contribution in [0.4, 0.5) is 5.69 Å². The summed E-state index contributed by atoms with van der Waals surface area (Å²) in [5.74, 6) is 1.06. The van der Waals surface area contributed by atoms with Crippen molar-refractivity contribution in [1.82, 2.24) is 10.6 Å². The highest BCUT2D eigenvalue weighted by Crippen LogP contribution is 2.25. The minimum absolute atomic E-state index is 0.150. The molecule has 0 heterocycles. The Morgan fingerprint density at radius 2 is 1.96 bits per heavy atom. The number of ether oxygens (including phenoxy) is 1. The zero-order valence-electron chi connectivity index (χ0n) is 17.8. The van der Waals surface area contributed by atoms with E-state index < -0.39 is 0 Å². The van der Waals surface area contributed by atoms with Crippen LogP contribution >= 0.6 is 0 Å². The highest BCUT2D eigenvalue weighted by molar-refractivity contribution is 5.92. The van der Waals surface area contributed by atoms with Gasteiger partial charge in [0.2, 0.25) is 5.91 Å². The first-order valence-corrected chi connectivity index (χ1v) is 10.4. The van der Waals surface area contributed by atoms with Crippen molar-refractivity contribution in [2.24, 2.45) is 10.9 Å². The van der Waals surface area contributed by atoms with Gasteiger partial charge in [-0.2, -0.15) is 0 Å². The molecule has 0 atom stereocenters. The number of hydrogen-bond acceptors (Lipinski definition) is 3. The first-order valence-electron chi connectivity index (χ1n) is 10.4. The average molecular weight is 389 g/mol. The molecule has 0 bridgehead atoms. The summed E-state index contributed by atoms with van der Waals surface area (Å²) in [5, 5.41) is 9.65. The lowest BCUT2D eigenvalue weighted by Crippen LogP contribution is -2.45. The van der Waals surface area contributed by atoms with Crippen LogP contribution in [0.1, 0.15) is 58.4 Å². The molecule has 1 saturated carbocycles. The highest BCUT2D eigenvalue weighted by Gasteiger charge is 2.21. The van der Waals surface area contributed by atoms with E-state index in [2.05, 4.69) is 20.9 Å². The molecule has 1 aliphatic rings. The smallest absolute Gasteiger partial charge is 0.227 e. The van der Waals surface area contributed by atoms with Crippen LogP contribution in [0.15, 0.2) is 29.3 Å². The molecule has 3 N–H and O–H groups in total. The van der Waals surface area contributed by atoms with Gasteiger partial charge < -0.3 is 20.7 Å². The molecular formula is C22H36N4O2. The van der Waals surface area contributed by atoms with Gasteiger partial charge in [-0.3, -0.25) is 4.79 Å². The number of hydrogen-bond donors (Lipinski definition) is 3. The fraction of sp³-hybridized carbons (Fsp3) is 0.636. The molecule has 0 aliphatic heterocycles. The van der Waals surface area contributed by atoms with Gasteiger partial charge in [-0.05, 0) is 51.3 Å². The molecule has 0 spiro atoms. The van der Waals surface area contributed by atoms with Crippen molar-refractivity contribution in [2.45, 2.75) is 65.0 Å². The minimum atomic E-state index is -0.264. The summed E-state index contributed by atoms with van der Waals surface area (Å²) in [6.45, 7) is 8.09. The minimum Gasteiger partial charge on any atom is -0.377 e. The van der Waals surface area contributed by atoms with Gasteiger partial charge in [0, 0.05) is 31.8 Å². The Morgan fingerprint density at radius 3 is 2.64 bits per heavy atom. The van der Waals surface area contributed by atoms with Gasteiger partial charge in [0.05, 0.1) is 12.1 Å². The SMILES string of the molecule is CCNC(=NCc1cccc(NC(=O)C2CCCCC2)c1)NCC(C)(C)OC. The molecule has 28 heavy (non-hydrogen) atoms. The molecule has 1 aromatic carbocycles. The number of guanidine groups is 1. The first kappa shape index (κ1) is 22.2. The Kier molecular flexibility index (Phi) is 8.77. The van der Waals surface area contributed by atoms with Gasteiger partial charge >= 0.3 is 0 Å². The Morgan fingerprint density at radius 1 is 1.21 bits per heavy atom. The average Bonchev–Trinajstić information content (AvgIpc) is 2.71. The number of nitrogens with one attached hydrogen (secondary N) is 3. The highest BCUT2D eigenvalue weighted by atomic mass is 16.5. The second-order valence-electron chi connectivity index (χ2n) is 8.04. The van der Waals surface area contributed by atoms with Crippen molar-refractivity contribution in [1.29, 1.82) is 0 Å². The number of carbonyl (C=O) groups is 1. The third kappa shape index (κ3) is 7.50. The lowest BCUT2D eigenvalue weighted by atomic mass is 9.88. The Balaban J connectivity index is 1.95. The molecule has 6 nitrogen and oxygen atoms in total. The monoisotopic (exact) mass is 388 g/mol.